The Balaban J connectivity index is 1.92. The smallest absolute Gasteiger partial charge is 0.279 e. The Morgan fingerprint density at radius 1 is 1.11 bits per heavy atom. The highest BCUT2D eigenvalue weighted by Gasteiger charge is 2.42. The molecule has 1 heterocycles. The molecule has 0 spiro atoms. The minimum atomic E-state index is -3.85. The van der Waals surface area contributed by atoms with Crippen molar-refractivity contribution in [3.63, 3.8) is 0 Å². The fraction of sp³-hybridized carbons (Fsp3) is 0.316. The van der Waals surface area contributed by atoms with Gasteiger partial charge >= 0.3 is 0 Å². The average molecular weight is 391 g/mol. The van der Waals surface area contributed by atoms with E-state index in [0.29, 0.717) is 0 Å². The molecular formula is C19H21NO6S. The van der Waals surface area contributed by atoms with E-state index in [-0.39, 0.29) is 24.5 Å². The molecule has 2 aromatic carbocycles. The highest BCUT2D eigenvalue weighted by atomic mass is 32.2. The first-order valence-corrected chi connectivity index (χ1v) is 10.1. The SMILES string of the molecule is Cc1ccccc1-c1ccc(S(=O)(=O)C2CCOCC2C(=O)N(O)O)cc1. The average Bonchev–Trinajstić information content (AvgIpc) is 2.68. The van der Waals surface area contributed by atoms with E-state index < -0.39 is 32.1 Å². The first-order valence-electron chi connectivity index (χ1n) is 8.52. The molecule has 2 unspecified atom stereocenters. The van der Waals surface area contributed by atoms with Crippen LogP contribution in [0.1, 0.15) is 12.0 Å². The summed E-state index contributed by atoms with van der Waals surface area (Å²) >= 11 is 0. The van der Waals surface area contributed by atoms with Gasteiger partial charge in [-0.25, -0.2) is 8.42 Å². The van der Waals surface area contributed by atoms with Crippen molar-refractivity contribution >= 4 is 15.7 Å². The van der Waals surface area contributed by atoms with E-state index >= 15 is 0 Å². The largest absolute Gasteiger partial charge is 0.381 e. The quantitative estimate of drug-likeness (QED) is 0.613. The zero-order chi connectivity index (χ0) is 19.6. The summed E-state index contributed by atoms with van der Waals surface area (Å²) in [7, 11) is -3.85. The number of hydrogen-bond acceptors (Lipinski definition) is 6. The molecule has 7 nitrogen and oxygen atoms in total. The van der Waals surface area contributed by atoms with Gasteiger partial charge in [0.2, 0.25) is 0 Å². The van der Waals surface area contributed by atoms with E-state index in [1.165, 1.54) is 12.1 Å². The molecule has 0 saturated carbocycles. The molecule has 0 aromatic heterocycles. The van der Waals surface area contributed by atoms with Crippen molar-refractivity contribution in [2.45, 2.75) is 23.5 Å². The zero-order valence-corrected chi connectivity index (χ0v) is 15.6. The summed E-state index contributed by atoms with van der Waals surface area (Å²) in [5.74, 6) is -2.27. The van der Waals surface area contributed by atoms with Crippen LogP contribution in [0, 0.1) is 12.8 Å². The molecule has 144 valence electrons. The van der Waals surface area contributed by atoms with E-state index in [4.69, 9.17) is 15.2 Å². The van der Waals surface area contributed by atoms with Crippen LogP contribution < -0.4 is 0 Å². The summed E-state index contributed by atoms with van der Waals surface area (Å²) in [6.45, 7) is 1.99. The number of rotatable bonds is 4. The van der Waals surface area contributed by atoms with Crippen LogP contribution in [0.4, 0.5) is 0 Å². The maximum Gasteiger partial charge on any atom is 0.279 e. The lowest BCUT2D eigenvalue weighted by Crippen LogP contribution is -2.46. The molecule has 1 fully saturated rings. The molecule has 0 bridgehead atoms. The number of benzene rings is 2. The predicted molar refractivity (Wildman–Crippen MR) is 96.9 cm³/mol. The third kappa shape index (κ3) is 3.89. The number of aryl methyl sites for hydroxylation is 1. The van der Waals surface area contributed by atoms with Crippen LogP contribution in [0.3, 0.4) is 0 Å². The zero-order valence-electron chi connectivity index (χ0n) is 14.8. The fourth-order valence-corrected chi connectivity index (χ4v) is 5.26. The number of carbonyl (C=O) groups is 1. The van der Waals surface area contributed by atoms with Crippen molar-refractivity contribution in [2.75, 3.05) is 13.2 Å². The summed E-state index contributed by atoms with van der Waals surface area (Å²) < 4.78 is 31.3. The van der Waals surface area contributed by atoms with E-state index in [9.17, 15) is 13.2 Å². The van der Waals surface area contributed by atoms with Crippen LogP contribution in [-0.4, -0.2) is 48.4 Å². The number of hydroxylamine groups is 2. The minimum Gasteiger partial charge on any atom is -0.381 e. The van der Waals surface area contributed by atoms with Crippen LogP contribution in [0.2, 0.25) is 0 Å². The molecule has 2 N–H and O–H groups in total. The van der Waals surface area contributed by atoms with E-state index in [1.807, 2.05) is 31.2 Å². The number of hydrogen-bond donors (Lipinski definition) is 2. The summed E-state index contributed by atoms with van der Waals surface area (Å²) in [6.07, 6.45) is 0.103. The van der Waals surface area contributed by atoms with Gasteiger partial charge in [-0.2, -0.15) is 0 Å². The van der Waals surface area contributed by atoms with Gasteiger partial charge in [-0.1, -0.05) is 41.6 Å². The van der Waals surface area contributed by atoms with Crippen LogP contribution in [0.25, 0.3) is 11.1 Å². The van der Waals surface area contributed by atoms with Gasteiger partial charge in [-0.15, -0.1) is 0 Å². The maximum atomic E-state index is 13.0. The van der Waals surface area contributed by atoms with E-state index in [2.05, 4.69) is 0 Å². The third-order valence-electron chi connectivity index (χ3n) is 4.84. The molecule has 27 heavy (non-hydrogen) atoms. The Bertz CT molecular complexity index is 923. The standard InChI is InChI=1S/C19H21NO6S/c1-13-4-2-3-5-16(13)14-6-8-15(9-7-14)27(24,25)18-10-11-26-12-17(18)19(21)20(22)23/h2-9,17-18,22-23H,10-12H2,1H3. The lowest BCUT2D eigenvalue weighted by atomic mass is 10.0. The molecule has 0 radical (unpaired) electrons. The number of sulfone groups is 1. The van der Waals surface area contributed by atoms with Crippen molar-refractivity contribution in [3.8, 4) is 11.1 Å². The van der Waals surface area contributed by atoms with Crippen LogP contribution in [-0.2, 0) is 19.4 Å². The van der Waals surface area contributed by atoms with Gasteiger partial charge in [0, 0.05) is 6.61 Å². The molecule has 3 rings (SSSR count). The van der Waals surface area contributed by atoms with Crippen molar-refractivity contribution in [1.82, 2.24) is 5.23 Å². The summed E-state index contributed by atoms with van der Waals surface area (Å²) in [6, 6.07) is 14.3. The Morgan fingerprint density at radius 2 is 1.78 bits per heavy atom. The summed E-state index contributed by atoms with van der Waals surface area (Å²) in [5, 5.41) is 16.4. The molecule has 2 aromatic rings. The molecule has 1 aliphatic heterocycles. The molecule has 1 amide bonds. The maximum absolute atomic E-state index is 13.0. The van der Waals surface area contributed by atoms with Gasteiger partial charge < -0.3 is 4.74 Å². The Morgan fingerprint density at radius 3 is 2.41 bits per heavy atom. The van der Waals surface area contributed by atoms with Crippen LogP contribution in [0.5, 0.6) is 0 Å². The molecule has 2 atom stereocenters. The molecule has 8 heteroatoms. The molecular weight excluding hydrogens is 370 g/mol. The normalized spacial score (nSPS) is 20.3. The van der Waals surface area contributed by atoms with Gasteiger partial charge in [0.15, 0.2) is 9.84 Å². The molecule has 1 aliphatic rings. The first-order chi connectivity index (χ1) is 12.8. The third-order valence-corrected chi connectivity index (χ3v) is 7.14. The van der Waals surface area contributed by atoms with Gasteiger partial charge in [0.25, 0.3) is 5.91 Å². The second-order valence-electron chi connectivity index (χ2n) is 6.52. The highest BCUT2D eigenvalue weighted by molar-refractivity contribution is 7.92. The minimum absolute atomic E-state index is 0.0898. The van der Waals surface area contributed by atoms with Crippen LogP contribution in [0.15, 0.2) is 53.4 Å². The van der Waals surface area contributed by atoms with Crippen molar-refractivity contribution < 1.29 is 28.4 Å². The van der Waals surface area contributed by atoms with Gasteiger partial charge in [-0.3, -0.25) is 15.2 Å². The van der Waals surface area contributed by atoms with Gasteiger partial charge in [0.05, 0.1) is 22.7 Å². The summed E-state index contributed by atoms with van der Waals surface area (Å²) in [4.78, 5) is 12.0. The second-order valence-corrected chi connectivity index (χ2v) is 8.69. The lowest BCUT2D eigenvalue weighted by molar-refractivity contribution is -0.289. The topological polar surface area (TPSA) is 104 Å². The number of carbonyl (C=O) groups excluding carboxylic acids is 1. The lowest BCUT2D eigenvalue weighted by Gasteiger charge is -2.30. The molecule has 0 aliphatic carbocycles. The second kappa shape index (κ2) is 7.77. The van der Waals surface area contributed by atoms with Crippen molar-refractivity contribution in [3.05, 3.63) is 54.1 Å². The Hall–Kier alpha value is -2.26. The molecule has 1 saturated heterocycles. The Labute approximate surface area is 157 Å². The monoisotopic (exact) mass is 391 g/mol. The number of amides is 1. The van der Waals surface area contributed by atoms with Gasteiger partial charge in [0.1, 0.15) is 0 Å². The van der Waals surface area contributed by atoms with E-state index in [1.54, 1.807) is 12.1 Å². The summed E-state index contributed by atoms with van der Waals surface area (Å²) in [5.41, 5.74) is 2.98. The Kier molecular flexibility index (Phi) is 5.61. The number of ether oxygens (including phenoxy) is 1. The van der Waals surface area contributed by atoms with Crippen molar-refractivity contribution in [1.29, 1.82) is 0 Å². The fourth-order valence-electron chi connectivity index (χ4n) is 3.36. The van der Waals surface area contributed by atoms with Crippen molar-refractivity contribution in [2.24, 2.45) is 5.92 Å². The first kappa shape index (κ1) is 19.5. The highest BCUT2D eigenvalue weighted by Crippen LogP contribution is 2.31. The van der Waals surface area contributed by atoms with Gasteiger partial charge in [-0.05, 0) is 42.2 Å². The van der Waals surface area contributed by atoms with E-state index in [0.717, 1.165) is 16.7 Å². The number of nitrogens with zero attached hydrogens (tertiary/aromatic N) is 1. The van der Waals surface area contributed by atoms with Crippen LogP contribution >= 0.6 is 0 Å². The predicted octanol–water partition coefficient (Wildman–Crippen LogP) is 2.45.